The van der Waals surface area contributed by atoms with E-state index >= 15 is 0 Å². The van der Waals surface area contributed by atoms with Crippen LogP contribution in [0.25, 0.3) is 22.0 Å². The molecule has 1 fully saturated rings. The van der Waals surface area contributed by atoms with Gasteiger partial charge in [-0.15, -0.1) is 0 Å². The van der Waals surface area contributed by atoms with E-state index in [0.717, 1.165) is 48.6 Å². The topological polar surface area (TPSA) is 103 Å². The predicted octanol–water partition coefficient (Wildman–Crippen LogP) is 6.63. The molecule has 0 saturated carbocycles. The van der Waals surface area contributed by atoms with Crippen LogP contribution in [0.4, 0.5) is 8.78 Å². The Kier molecular flexibility index (Phi) is 7.70. The van der Waals surface area contributed by atoms with E-state index in [1.165, 1.54) is 6.07 Å². The highest BCUT2D eigenvalue weighted by molar-refractivity contribution is 6.35. The molecule has 2 aromatic carbocycles. The van der Waals surface area contributed by atoms with Gasteiger partial charge in [0.1, 0.15) is 23.5 Å². The van der Waals surface area contributed by atoms with E-state index in [0.29, 0.717) is 41.0 Å². The Morgan fingerprint density at radius 1 is 1.17 bits per heavy atom. The van der Waals surface area contributed by atoms with Crippen molar-refractivity contribution in [1.29, 1.82) is 0 Å². The van der Waals surface area contributed by atoms with Crippen molar-refractivity contribution in [3.05, 3.63) is 82.5 Å². The number of halogens is 3. The van der Waals surface area contributed by atoms with Gasteiger partial charge >= 0.3 is 12.6 Å². The molecule has 1 N–H and O–H groups in total. The fourth-order valence-corrected chi connectivity index (χ4v) is 5.64. The van der Waals surface area contributed by atoms with Crippen molar-refractivity contribution in [1.82, 2.24) is 19.4 Å². The van der Waals surface area contributed by atoms with Crippen LogP contribution < -0.4 is 9.47 Å². The third-order valence-electron chi connectivity index (χ3n) is 7.64. The summed E-state index contributed by atoms with van der Waals surface area (Å²) in [6.07, 6.45) is 3.34. The number of fused-ring (bicyclic) bond motifs is 2. The van der Waals surface area contributed by atoms with E-state index < -0.39 is 12.6 Å². The minimum Gasteiger partial charge on any atom is -0.478 e. The molecule has 3 aromatic heterocycles. The third kappa shape index (κ3) is 5.62. The molecule has 1 aliphatic rings. The second kappa shape index (κ2) is 11.6. The first kappa shape index (κ1) is 27.9. The molecule has 6 rings (SSSR count). The van der Waals surface area contributed by atoms with Crippen molar-refractivity contribution in [2.24, 2.45) is 7.05 Å². The van der Waals surface area contributed by atoms with Crippen molar-refractivity contribution in [3.63, 3.8) is 0 Å². The Bertz CT molecular complexity index is 1760. The van der Waals surface area contributed by atoms with Crippen LogP contribution in [0, 0.1) is 0 Å². The van der Waals surface area contributed by atoms with Crippen LogP contribution in [0.2, 0.25) is 5.02 Å². The van der Waals surface area contributed by atoms with Crippen LogP contribution in [0.3, 0.4) is 0 Å². The summed E-state index contributed by atoms with van der Waals surface area (Å²) in [4.78, 5) is 23.1. The van der Waals surface area contributed by atoms with Crippen LogP contribution in [-0.2, 0) is 20.2 Å². The summed E-state index contributed by atoms with van der Waals surface area (Å²) in [5.74, 6) is -0.0675. The molecule has 0 spiro atoms. The fourth-order valence-electron chi connectivity index (χ4n) is 5.43. The number of likely N-dealkylation sites (tertiary alicyclic amines) is 1. The first-order valence-electron chi connectivity index (χ1n) is 13.4. The summed E-state index contributed by atoms with van der Waals surface area (Å²) < 4.78 is 43.9. The van der Waals surface area contributed by atoms with Crippen molar-refractivity contribution >= 4 is 39.6 Å². The molecule has 42 heavy (non-hydrogen) atoms. The molecule has 1 saturated heterocycles. The zero-order valence-corrected chi connectivity index (χ0v) is 23.4. The molecule has 12 heteroatoms. The molecule has 0 bridgehead atoms. The highest BCUT2D eigenvalue weighted by Crippen LogP contribution is 2.32. The monoisotopic (exact) mass is 596 g/mol. The Morgan fingerprint density at radius 2 is 1.98 bits per heavy atom. The quantitative estimate of drug-likeness (QED) is 0.202. The van der Waals surface area contributed by atoms with Crippen LogP contribution in [0.15, 0.2) is 59.2 Å². The third-order valence-corrected chi connectivity index (χ3v) is 7.97. The summed E-state index contributed by atoms with van der Waals surface area (Å²) in [6.45, 7) is -0.756. The number of benzene rings is 2. The van der Waals surface area contributed by atoms with Gasteiger partial charge in [0.2, 0.25) is 5.88 Å². The molecular formula is C30H27ClF2N4O5. The first-order valence-corrected chi connectivity index (χ1v) is 13.8. The van der Waals surface area contributed by atoms with E-state index in [1.54, 1.807) is 17.9 Å². The molecule has 5 aromatic rings. The van der Waals surface area contributed by atoms with Crippen LogP contribution in [0.5, 0.6) is 11.6 Å². The zero-order valence-electron chi connectivity index (χ0n) is 22.6. The number of aromatic nitrogens is 3. The maximum atomic E-state index is 13.0. The lowest BCUT2D eigenvalue weighted by Gasteiger charge is -2.31. The zero-order chi connectivity index (χ0) is 29.4. The molecule has 218 valence electrons. The Labute approximate surface area is 244 Å². The van der Waals surface area contributed by atoms with Crippen LogP contribution in [-0.4, -0.2) is 50.2 Å². The Hall–Kier alpha value is -4.22. The van der Waals surface area contributed by atoms with Crippen molar-refractivity contribution < 1.29 is 32.6 Å². The lowest BCUT2D eigenvalue weighted by Crippen LogP contribution is -2.33. The lowest BCUT2D eigenvalue weighted by molar-refractivity contribution is -0.0489. The number of hydrogen-bond acceptors (Lipinski definition) is 7. The summed E-state index contributed by atoms with van der Waals surface area (Å²) >= 11 is 6.24. The molecule has 1 aliphatic heterocycles. The number of hydrogen-bond donors (Lipinski definition) is 1. The van der Waals surface area contributed by atoms with Crippen molar-refractivity contribution in [2.45, 2.75) is 38.5 Å². The fraction of sp³-hybridized carbons (Fsp3) is 0.300. The standard InChI is InChI=1S/C30H27ClF2N4O5/c1-36-23-13-19(29(38)39)14-24(42-30(32)33)27(23)35-25(36)15-37-10-7-17(8-11-37)22-3-2-4-26(34-22)41-16-18-5-6-21(31)20-9-12-40-28(18)20/h2-6,9,12-14,17,30H,7-8,10-11,15-16H2,1H3,(H,38,39). The lowest BCUT2D eigenvalue weighted by atomic mass is 9.93. The summed E-state index contributed by atoms with van der Waals surface area (Å²) in [5, 5.41) is 10.9. The number of imidazole rings is 1. The number of piperidine rings is 1. The van der Waals surface area contributed by atoms with Crippen molar-refractivity contribution in [3.8, 4) is 11.6 Å². The number of aryl methyl sites for hydroxylation is 1. The van der Waals surface area contributed by atoms with Gasteiger partial charge in [-0.05, 0) is 56.3 Å². The van der Waals surface area contributed by atoms with Gasteiger partial charge in [-0.25, -0.2) is 14.8 Å². The van der Waals surface area contributed by atoms with E-state index in [-0.39, 0.29) is 22.7 Å². The minimum absolute atomic E-state index is 0.144. The van der Waals surface area contributed by atoms with Gasteiger partial charge in [0.25, 0.3) is 0 Å². The maximum Gasteiger partial charge on any atom is 0.387 e. The predicted molar refractivity (Wildman–Crippen MR) is 151 cm³/mol. The molecule has 9 nitrogen and oxygen atoms in total. The molecule has 0 atom stereocenters. The second-order valence-corrected chi connectivity index (χ2v) is 10.6. The molecule has 0 aliphatic carbocycles. The Balaban J connectivity index is 1.11. The smallest absolute Gasteiger partial charge is 0.387 e. The number of nitrogens with zero attached hydrogens (tertiary/aromatic N) is 4. The normalized spacial score (nSPS) is 14.7. The number of carbonyl (C=O) groups is 1. The number of rotatable bonds is 9. The summed E-state index contributed by atoms with van der Waals surface area (Å²) in [5.41, 5.74) is 3.03. The maximum absolute atomic E-state index is 13.0. The van der Waals surface area contributed by atoms with Gasteiger partial charge in [0.05, 0.1) is 28.9 Å². The van der Waals surface area contributed by atoms with Crippen LogP contribution in [0.1, 0.15) is 46.2 Å². The minimum atomic E-state index is -3.09. The second-order valence-electron chi connectivity index (χ2n) is 10.2. The summed E-state index contributed by atoms with van der Waals surface area (Å²) in [6, 6.07) is 13.8. The van der Waals surface area contributed by atoms with Gasteiger partial charge in [-0.2, -0.15) is 8.78 Å². The van der Waals surface area contributed by atoms with Gasteiger partial charge in [0, 0.05) is 35.7 Å². The number of furan rings is 1. The van der Waals surface area contributed by atoms with Gasteiger partial charge in [-0.3, -0.25) is 4.90 Å². The average Bonchev–Trinajstić information content (AvgIpc) is 3.59. The van der Waals surface area contributed by atoms with Gasteiger partial charge in [0.15, 0.2) is 5.75 Å². The van der Waals surface area contributed by atoms with Gasteiger partial charge < -0.3 is 23.6 Å². The number of aromatic carboxylic acids is 1. The molecule has 0 unspecified atom stereocenters. The van der Waals surface area contributed by atoms with Crippen molar-refractivity contribution in [2.75, 3.05) is 13.1 Å². The highest BCUT2D eigenvalue weighted by Gasteiger charge is 2.25. The van der Waals surface area contributed by atoms with E-state index in [2.05, 4.69) is 14.6 Å². The number of carboxylic acids is 1. The van der Waals surface area contributed by atoms with Gasteiger partial charge in [-0.1, -0.05) is 23.7 Å². The molecule has 0 radical (unpaired) electrons. The number of alkyl halides is 2. The molecular weight excluding hydrogens is 570 g/mol. The number of carboxylic acid groups (broad SMARTS) is 1. The van der Waals surface area contributed by atoms with E-state index in [9.17, 15) is 18.7 Å². The first-order chi connectivity index (χ1) is 20.3. The SMILES string of the molecule is Cn1c(CN2CCC(c3cccc(OCc4ccc(Cl)c5ccoc45)n3)CC2)nc2c(OC(F)F)cc(C(=O)O)cc21. The largest absolute Gasteiger partial charge is 0.478 e. The van der Waals surface area contributed by atoms with Crippen LogP contribution >= 0.6 is 11.6 Å². The molecule has 4 heterocycles. The highest BCUT2D eigenvalue weighted by atomic mass is 35.5. The summed E-state index contributed by atoms with van der Waals surface area (Å²) in [7, 11) is 1.74. The number of ether oxygens (including phenoxy) is 2. The number of pyridine rings is 1. The molecule has 0 amide bonds. The van der Waals surface area contributed by atoms with E-state index in [1.807, 2.05) is 36.4 Å². The average molecular weight is 597 g/mol. The Morgan fingerprint density at radius 3 is 2.74 bits per heavy atom. The van der Waals surface area contributed by atoms with E-state index in [4.69, 9.17) is 25.7 Å².